The van der Waals surface area contributed by atoms with E-state index in [9.17, 15) is 4.39 Å². The van der Waals surface area contributed by atoms with E-state index in [1.807, 2.05) is 31.1 Å². The average molecular weight is 216 g/mol. The molecular formula is C13H16BFN. The van der Waals surface area contributed by atoms with Crippen molar-refractivity contribution in [1.29, 1.82) is 5.26 Å². The largest absolute Gasteiger partial charge is 0.292 e. The maximum Gasteiger partial charge on any atom is 0.292 e. The third-order valence-electron chi connectivity index (χ3n) is 2.43. The Morgan fingerprint density at radius 3 is 2.62 bits per heavy atom. The SMILES string of the molecule is CCc1cc(CC(C)(C)F)ccc1[B]C#N. The first-order chi connectivity index (χ1) is 7.46. The summed E-state index contributed by atoms with van der Waals surface area (Å²) >= 11 is 0. The molecule has 1 radical (unpaired) electrons. The smallest absolute Gasteiger partial charge is 0.244 e. The van der Waals surface area contributed by atoms with Crippen molar-refractivity contribution in [2.45, 2.75) is 39.3 Å². The highest BCUT2D eigenvalue weighted by molar-refractivity contribution is 6.61. The summed E-state index contributed by atoms with van der Waals surface area (Å²) in [6.45, 7) is 5.19. The molecule has 0 spiro atoms. The van der Waals surface area contributed by atoms with E-state index in [2.05, 4.69) is 0 Å². The molecule has 1 nitrogen and oxygen atoms in total. The van der Waals surface area contributed by atoms with E-state index in [0.717, 1.165) is 23.0 Å². The van der Waals surface area contributed by atoms with E-state index in [1.165, 1.54) is 7.28 Å². The molecule has 0 fully saturated rings. The standard InChI is InChI=1S/C13H16BFN/c1-4-11-7-10(8-13(2,3)15)5-6-12(11)14-9-16/h5-7H,4,8H2,1-3H3. The first-order valence-corrected chi connectivity index (χ1v) is 5.50. The molecule has 1 rings (SSSR count). The fourth-order valence-electron chi connectivity index (χ4n) is 1.77. The second kappa shape index (κ2) is 5.16. The minimum Gasteiger partial charge on any atom is -0.244 e. The number of halogens is 1. The first-order valence-electron chi connectivity index (χ1n) is 5.50. The third kappa shape index (κ3) is 3.69. The van der Waals surface area contributed by atoms with Crippen LogP contribution in [-0.2, 0) is 12.8 Å². The summed E-state index contributed by atoms with van der Waals surface area (Å²) < 4.78 is 13.5. The lowest BCUT2D eigenvalue weighted by molar-refractivity contribution is 0.217. The summed E-state index contributed by atoms with van der Waals surface area (Å²) in [7, 11) is 1.53. The number of rotatable bonds is 4. The molecule has 0 unspecified atom stereocenters. The summed E-state index contributed by atoms with van der Waals surface area (Å²) in [6, 6.07) is 5.78. The molecule has 0 N–H and O–H groups in total. The molecular weight excluding hydrogens is 200 g/mol. The molecule has 0 aliphatic heterocycles. The van der Waals surface area contributed by atoms with Crippen LogP contribution >= 0.6 is 0 Å². The van der Waals surface area contributed by atoms with Crippen LogP contribution in [-0.4, -0.2) is 12.9 Å². The fraction of sp³-hybridized carbons (Fsp3) is 0.462. The van der Waals surface area contributed by atoms with E-state index in [-0.39, 0.29) is 0 Å². The van der Waals surface area contributed by atoms with Crippen LogP contribution in [0.2, 0.25) is 0 Å². The monoisotopic (exact) mass is 216 g/mol. The summed E-state index contributed by atoms with van der Waals surface area (Å²) in [5.41, 5.74) is 1.83. The normalized spacial score (nSPS) is 10.9. The highest BCUT2D eigenvalue weighted by Gasteiger charge is 2.16. The van der Waals surface area contributed by atoms with Gasteiger partial charge in [-0.2, -0.15) is 0 Å². The van der Waals surface area contributed by atoms with E-state index in [1.54, 1.807) is 13.8 Å². The highest BCUT2D eigenvalue weighted by Crippen LogP contribution is 2.17. The molecule has 0 saturated heterocycles. The average Bonchev–Trinajstić information content (AvgIpc) is 2.18. The molecule has 0 saturated carbocycles. The molecule has 3 heteroatoms. The van der Waals surface area contributed by atoms with E-state index >= 15 is 0 Å². The van der Waals surface area contributed by atoms with Crippen molar-refractivity contribution in [3.63, 3.8) is 0 Å². The van der Waals surface area contributed by atoms with Crippen molar-refractivity contribution in [1.82, 2.24) is 0 Å². The van der Waals surface area contributed by atoms with Gasteiger partial charge in [-0.15, -0.1) is 0 Å². The number of benzene rings is 1. The lowest BCUT2D eigenvalue weighted by Gasteiger charge is -2.15. The zero-order chi connectivity index (χ0) is 12.2. The molecule has 0 atom stereocenters. The third-order valence-corrected chi connectivity index (χ3v) is 2.43. The molecule has 0 aliphatic rings. The molecule has 0 bridgehead atoms. The Morgan fingerprint density at radius 1 is 1.44 bits per heavy atom. The molecule has 0 heterocycles. The Kier molecular flexibility index (Phi) is 4.12. The summed E-state index contributed by atoms with van der Waals surface area (Å²) in [6.07, 6.45) is 1.26. The van der Waals surface area contributed by atoms with Crippen LogP contribution < -0.4 is 5.46 Å². The lowest BCUT2D eigenvalue weighted by Crippen LogP contribution is -2.20. The summed E-state index contributed by atoms with van der Waals surface area (Å²) in [5, 5.41) is 8.63. The van der Waals surface area contributed by atoms with Crippen LogP contribution in [0.4, 0.5) is 4.39 Å². The fourth-order valence-corrected chi connectivity index (χ4v) is 1.77. The van der Waals surface area contributed by atoms with Gasteiger partial charge in [-0.3, -0.25) is 0 Å². The van der Waals surface area contributed by atoms with Gasteiger partial charge in [0.1, 0.15) is 5.67 Å². The first kappa shape index (κ1) is 12.8. The number of hydrogen-bond acceptors (Lipinski definition) is 1. The number of nitriles is 1. The molecule has 1 aromatic carbocycles. The van der Waals surface area contributed by atoms with Crippen molar-refractivity contribution >= 4 is 12.7 Å². The Bertz CT molecular complexity index is 401. The van der Waals surface area contributed by atoms with Crippen molar-refractivity contribution in [3.05, 3.63) is 29.3 Å². The van der Waals surface area contributed by atoms with Gasteiger partial charge in [-0.05, 0) is 25.8 Å². The molecule has 1 aromatic rings. The topological polar surface area (TPSA) is 23.8 Å². The molecule has 83 valence electrons. The number of hydrogen-bond donors (Lipinski definition) is 0. The van der Waals surface area contributed by atoms with Crippen molar-refractivity contribution in [3.8, 4) is 5.97 Å². The zero-order valence-electron chi connectivity index (χ0n) is 10.0. The Hall–Kier alpha value is -1.30. The summed E-state index contributed by atoms with van der Waals surface area (Å²) in [5.74, 6) is 2.03. The second-order valence-electron chi connectivity index (χ2n) is 4.56. The Labute approximate surface area is 97.5 Å². The van der Waals surface area contributed by atoms with Crippen LogP contribution in [0, 0.1) is 11.2 Å². The Morgan fingerprint density at radius 2 is 2.12 bits per heavy atom. The Balaban J connectivity index is 2.96. The molecule has 0 amide bonds. The molecule has 0 aliphatic carbocycles. The van der Waals surface area contributed by atoms with Gasteiger partial charge in [-0.25, -0.2) is 9.65 Å². The summed E-state index contributed by atoms with van der Waals surface area (Å²) in [4.78, 5) is 0. The number of alkyl halides is 1. The predicted molar refractivity (Wildman–Crippen MR) is 65.7 cm³/mol. The van der Waals surface area contributed by atoms with Crippen LogP contribution in [0.25, 0.3) is 0 Å². The van der Waals surface area contributed by atoms with Gasteiger partial charge < -0.3 is 0 Å². The van der Waals surface area contributed by atoms with E-state index < -0.39 is 5.67 Å². The minimum absolute atomic E-state index is 0.410. The second-order valence-corrected chi connectivity index (χ2v) is 4.56. The van der Waals surface area contributed by atoms with Crippen LogP contribution in [0.1, 0.15) is 31.9 Å². The maximum absolute atomic E-state index is 13.5. The zero-order valence-corrected chi connectivity index (χ0v) is 10.0. The lowest BCUT2D eigenvalue weighted by atomic mass is 9.69. The quantitative estimate of drug-likeness (QED) is 0.708. The molecule has 16 heavy (non-hydrogen) atoms. The minimum atomic E-state index is -1.19. The van der Waals surface area contributed by atoms with Crippen molar-refractivity contribution in [2.24, 2.45) is 0 Å². The molecule has 0 aromatic heterocycles. The van der Waals surface area contributed by atoms with E-state index in [0.29, 0.717) is 6.42 Å². The van der Waals surface area contributed by atoms with Crippen LogP contribution in [0.5, 0.6) is 0 Å². The van der Waals surface area contributed by atoms with Gasteiger partial charge in [-0.1, -0.05) is 36.1 Å². The van der Waals surface area contributed by atoms with Crippen LogP contribution in [0.15, 0.2) is 18.2 Å². The van der Waals surface area contributed by atoms with Gasteiger partial charge in [0.2, 0.25) is 0 Å². The van der Waals surface area contributed by atoms with Crippen LogP contribution in [0.3, 0.4) is 0 Å². The van der Waals surface area contributed by atoms with Crippen molar-refractivity contribution < 1.29 is 4.39 Å². The number of nitrogens with zero attached hydrogens (tertiary/aromatic N) is 1. The predicted octanol–water partition coefficient (Wildman–Crippen LogP) is 2.35. The van der Waals surface area contributed by atoms with Crippen molar-refractivity contribution in [2.75, 3.05) is 0 Å². The van der Waals surface area contributed by atoms with Gasteiger partial charge in [0, 0.05) is 12.4 Å². The maximum atomic E-state index is 13.5. The van der Waals surface area contributed by atoms with Gasteiger partial charge >= 0.3 is 0 Å². The van der Waals surface area contributed by atoms with Gasteiger partial charge in [0.05, 0.1) is 0 Å². The van der Waals surface area contributed by atoms with E-state index in [4.69, 9.17) is 5.26 Å². The van der Waals surface area contributed by atoms with Gasteiger partial charge in [0.15, 0.2) is 0 Å². The number of aryl methyl sites for hydroxylation is 1. The highest BCUT2D eigenvalue weighted by atomic mass is 19.1. The van der Waals surface area contributed by atoms with Gasteiger partial charge in [0.25, 0.3) is 7.28 Å².